The smallest absolute Gasteiger partial charge is 0.221 e. The molecule has 2 saturated heterocycles. The molecule has 1 unspecified atom stereocenters. The lowest BCUT2D eigenvalue weighted by Gasteiger charge is -2.33. The van der Waals surface area contributed by atoms with Gasteiger partial charge in [-0.05, 0) is 25.0 Å². The molecule has 2 fully saturated rings. The van der Waals surface area contributed by atoms with Gasteiger partial charge in [-0.1, -0.05) is 6.07 Å². The molecule has 3 rings (SSSR count). The molecule has 1 aromatic heterocycles. The third-order valence-corrected chi connectivity index (χ3v) is 5.39. The van der Waals surface area contributed by atoms with Gasteiger partial charge in [0.15, 0.2) is 0 Å². The normalized spacial score (nSPS) is 21.3. The Bertz CT molecular complexity index is 480. The first-order valence-corrected chi connectivity index (χ1v) is 9.23. The Labute approximate surface area is 160 Å². The highest BCUT2D eigenvalue weighted by atomic mass is 35.5. The van der Waals surface area contributed by atoms with Crippen LogP contribution in [0.25, 0.3) is 0 Å². The van der Waals surface area contributed by atoms with Gasteiger partial charge < -0.3 is 15.5 Å². The molecule has 8 heteroatoms. The van der Waals surface area contributed by atoms with Gasteiger partial charge in [-0.25, -0.2) is 4.98 Å². The van der Waals surface area contributed by atoms with Crippen LogP contribution in [0.2, 0.25) is 0 Å². The number of piperidine rings is 1. The average Bonchev–Trinajstić information content (AvgIpc) is 2.57. The van der Waals surface area contributed by atoms with Gasteiger partial charge >= 0.3 is 0 Å². The number of rotatable bonds is 4. The number of aromatic nitrogens is 1. The molecule has 0 aliphatic carbocycles. The van der Waals surface area contributed by atoms with E-state index in [-0.39, 0.29) is 30.7 Å². The van der Waals surface area contributed by atoms with Crippen LogP contribution in [0.3, 0.4) is 0 Å². The maximum atomic E-state index is 12.1. The van der Waals surface area contributed by atoms with Gasteiger partial charge in [0, 0.05) is 55.8 Å². The standard InChI is InChI=1S/C16H24N4OS.2ClH/c21-16(11-14-12-22-10-7-17-14)19-13-4-8-20(9-5-13)15-3-1-2-6-18-15;;/h1-3,6,13-14,17H,4-5,7-12H2,(H,19,21);2*1H. The van der Waals surface area contributed by atoms with Crippen LogP contribution in [0.5, 0.6) is 0 Å². The van der Waals surface area contributed by atoms with E-state index in [0.717, 1.165) is 49.8 Å². The predicted octanol–water partition coefficient (Wildman–Crippen LogP) is 2.11. The summed E-state index contributed by atoms with van der Waals surface area (Å²) in [5.74, 6) is 3.43. The lowest BCUT2D eigenvalue weighted by molar-refractivity contribution is -0.122. The molecule has 0 bridgehead atoms. The van der Waals surface area contributed by atoms with E-state index < -0.39 is 0 Å². The van der Waals surface area contributed by atoms with Gasteiger partial charge in [0.2, 0.25) is 5.91 Å². The zero-order valence-corrected chi connectivity index (χ0v) is 16.1. The predicted molar refractivity (Wildman–Crippen MR) is 106 cm³/mol. The van der Waals surface area contributed by atoms with E-state index in [0.29, 0.717) is 18.5 Å². The first-order chi connectivity index (χ1) is 10.8. The summed E-state index contributed by atoms with van der Waals surface area (Å²) in [6, 6.07) is 6.65. The summed E-state index contributed by atoms with van der Waals surface area (Å²) in [6.07, 6.45) is 4.43. The number of halogens is 2. The molecule has 0 spiro atoms. The van der Waals surface area contributed by atoms with Crippen LogP contribution in [-0.4, -0.2) is 54.1 Å². The molecular formula is C16H26Cl2N4OS. The lowest BCUT2D eigenvalue weighted by atomic mass is 10.0. The van der Waals surface area contributed by atoms with Crippen molar-refractivity contribution in [3.63, 3.8) is 0 Å². The molecule has 136 valence electrons. The van der Waals surface area contributed by atoms with Gasteiger partial charge in [-0.2, -0.15) is 11.8 Å². The Morgan fingerprint density at radius 2 is 2.12 bits per heavy atom. The molecule has 2 aliphatic rings. The molecule has 1 aromatic rings. The summed E-state index contributed by atoms with van der Waals surface area (Å²) in [5, 5.41) is 6.62. The fraction of sp³-hybridized carbons (Fsp3) is 0.625. The zero-order chi connectivity index (χ0) is 15.2. The largest absolute Gasteiger partial charge is 0.356 e. The molecule has 2 aliphatic heterocycles. The Kier molecular flexibility index (Phi) is 9.81. The minimum Gasteiger partial charge on any atom is -0.356 e. The van der Waals surface area contributed by atoms with Crippen molar-refractivity contribution in [2.24, 2.45) is 0 Å². The van der Waals surface area contributed by atoms with Gasteiger partial charge in [0.1, 0.15) is 5.82 Å². The number of amides is 1. The molecule has 0 aromatic carbocycles. The quantitative estimate of drug-likeness (QED) is 0.821. The number of carbonyl (C=O) groups is 1. The molecule has 3 heterocycles. The fourth-order valence-electron chi connectivity index (χ4n) is 3.05. The number of hydrogen-bond acceptors (Lipinski definition) is 5. The van der Waals surface area contributed by atoms with E-state index in [4.69, 9.17) is 0 Å². The minimum atomic E-state index is 0. The van der Waals surface area contributed by atoms with Crippen LogP contribution in [0.15, 0.2) is 24.4 Å². The van der Waals surface area contributed by atoms with Crippen LogP contribution in [0.1, 0.15) is 19.3 Å². The first kappa shape index (κ1) is 21.4. The fourth-order valence-corrected chi connectivity index (χ4v) is 4.00. The molecule has 2 N–H and O–H groups in total. The second-order valence-electron chi connectivity index (χ2n) is 5.95. The number of pyridine rings is 1. The van der Waals surface area contributed by atoms with Gasteiger partial charge in [-0.3, -0.25) is 4.79 Å². The second-order valence-corrected chi connectivity index (χ2v) is 7.10. The van der Waals surface area contributed by atoms with E-state index in [1.807, 2.05) is 36.2 Å². The molecule has 1 amide bonds. The summed E-state index contributed by atoms with van der Waals surface area (Å²) >= 11 is 1.93. The molecule has 0 saturated carbocycles. The Hall–Kier alpha value is -0.690. The van der Waals surface area contributed by atoms with Crippen LogP contribution in [0.4, 0.5) is 5.82 Å². The molecule has 0 radical (unpaired) electrons. The number of anilines is 1. The van der Waals surface area contributed by atoms with Crippen molar-refractivity contribution in [3.05, 3.63) is 24.4 Å². The molecule has 1 atom stereocenters. The van der Waals surface area contributed by atoms with Crippen molar-refractivity contribution >= 4 is 48.3 Å². The zero-order valence-electron chi connectivity index (χ0n) is 13.6. The van der Waals surface area contributed by atoms with Crippen molar-refractivity contribution < 1.29 is 4.79 Å². The SMILES string of the molecule is Cl.Cl.O=C(CC1CSCCN1)NC1CCN(c2ccccn2)CC1. The summed E-state index contributed by atoms with van der Waals surface area (Å²) < 4.78 is 0. The number of hydrogen-bond donors (Lipinski definition) is 2. The number of nitrogens with one attached hydrogen (secondary N) is 2. The highest BCUT2D eigenvalue weighted by molar-refractivity contribution is 7.99. The van der Waals surface area contributed by atoms with E-state index in [1.165, 1.54) is 0 Å². The van der Waals surface area contributed by atoms with Crippen molar-refractivity contribution in [1.29, 1.82) is 0 Å². The van der Waals surface area contributed by atoms with E-state index in [9.17, 15) is 4.79 Å². The summed E-state index contributed by atoms with van der Waals surface area (Å²) in [6.45, 7) is 2.93. The second kappa shape index (κ2) is 11.0. The maximum Gasteiger partial charge on any atom is 0.221 e. The first-order valence-electron chi connectivity index (χ1n) is 8.08. The van der Waals surface area contributed by atoms with Gasteiger partial charge in [0.05, 0.1) is 0 Å². The Morgan fingerprint density at radius 1 is 1.33 bits per heavy atom. The van der Waals surface area contributed by atoms with Crippen LogP contribution < -0.4 is 15.5 Å². The monoisotopic (exact) mass is 392 g/mol. The lowest BCUT2D eigenvalue weighted by Crippen LogP contribution is -2.47. The third-order valence-electron chi connectivity index (χ3n) is 4.26. The van der Waals surface area contributed by atoms with Crippen molar-refractivity contribution in [2.75, 3.05) is 36.0 Å². The highest BCUT2D eigenvalue weighted by Crippen LogP contribution is 2.17. The van der Waals surface area contributed by atoms with E-state index in [2.05, 4.69) is 20.5 Å². The summed E-state index contributed by atoms with van der Waals surface area (Å²) in [4.78, 5) is 18.8. The third kappa shape index (κ3) is 6.31. The van der Waals surface area contributed by atoms with Crippen LogP contribution >= 0.6 is 36.6 Å². The van der Waals surface area contributed by atoms with Crippen LogP contribution in [-0.2, 0) is 4.79 Å². The maximum absolute atomic E-state index is 12.1. The topological polar surface area (TPSA) is 57.3 Å². The number of carbonyl (C=O) groups excluding carboxylic acids is 1. The molecule has 24 heavy (non-hydrogen) atoms. The molecular weight excluding hydrogens is 367 g/mol. The van der Waals surface area contributed by atoms with E-state index >= 15 is 0 Å². The number of nitrogens with zero attached hydrogens (tertiary/aromatic N) is 2. The van der Waals surface area contributed by atoms with E-state index in [1.54, 1.807) is 0 Å². The van der Waals surface area contributed by atoms with Gasteiger partial charge in [-0.15, -0.1) is 24.8 Å². The molecule has 5 nitrogen and oxygen atoms in total. The van der Waals surface area contributed by atoms with Crippen LogP contribution in [0, 0.1) is 0 Å². The van der Waals surface area contributed by atoms with Crippen molar-refractivity contribution in [1.82, 2.24) is 15.6 Å². The minimum absolute atomic E-state index is 0. The summed E-state index contributed by atoms with van der Waals surface area (Å²) in [5.41, 5.74) is 0. The van der Waals surface area contributed by atoms with Crippen molar-refractivity contribution in [3.8, 4) is 0 Å². The average molecular weight is 393 g/mol. The van der Waals surface area contributed by atoms with Crippen molar-refractivity contribution in [2.45, 2.75) is 31.3 Å². The van der Waals surface area contributed by atoms with Gasteiger partial charge in [0.25, 0.3) is 0 Å². The Morgan fingerprint density at radius 3 is 2.75 bits per heavy atom. The summed E-state index contributed by atoms with van der Waals surface area (Å²) in [7, 11) is 0. The Balaban J connectivity index is 0.00000144. The highest BCUT2D eigenvalue weighted by Gasteiger charge is 2.23. The number of thioether (sulfide) groups is 1.